The molecule has 0 aliphatic carbocycles. The van der Waals surface area contributed by atoms with Crippen LogP contribution >= 0.6 is 0 Å². The third-order valence-electron chi connectivity index (χ3n) is 5.02. The third-order valence-corrected chi connectivity index (χ3v) is 5.02. The molecular formula is C21H34N6O. The number of nitrogen functional groups attached to an aromatic ring is 1. The Morgan fingerprint density at radius 3 is 2.68 bits per heavy atom. The number of benzene rings is 1. The first kappa shape index (κ1) is 21.9. The van der Waals surface area contributed by atoms with E-state index in [4.69, 9.17) is 5.73 Å². The fourth-order valence-electron chi connectivity index (χ4n) is 3.23. The van der Waals surface area contributed by atoms with Crippen LogP contribution in [0.4, 0.5) is 11.8 Å². The van der Waals surface area contributed by atoms with Crippen LogP contribution in [0.5, 0.6) is 0 Å². The summed E-state index contributed by atoms with van der Waals surface area (Å²) in [5.41, 5.74) is 9.37. The summed E-state index contributed by atoms with van der Waals surface area (Å²) in [7, 11) is 1.95. The van der Waals surface area contributed by atoms with Gasteiger partial charge in [0.2, 0.25) is 11.9 Å². The standard InChI is InChI=1S/C19H28N6O.C2H6/c1-12-10-14-16(11-13(12)2)23-19(24-17(14)20)25(3)9-5-8-22-18(26)15-6-4-7-21-15;1-2/h10-11,15,21H,4-9H2,1-3H3,(H,22,26)(H2,20,23,24);1-2H3. The number of hydrogen-bond donors (Lipinski definition) is 3. The lowest BCUT2D eigenvalue weighted by Crippen LogP contribution is -2.41. The summed E-state index contributed by atoms with van der Waals surface area (Å²) in [4.78, 5) is 23.1. The molecule has 28 heavy (non-hydrogen) atoms. The van der Waals surface area contributed by atoms with Crippen molar-refractivity contribution in [3.8, 4) is 0 Å². The van der Waals surface area contributed by atoms with E-state index in [2.05, 4.69) is 40.5 Å². The number of nitrogens with two attached hydrogens (primary N) is 1. The maximum atomic E-state index is 12.0. The van der Waals surface area contributed by atoms with Crippen molar-refractivity contribution in [2.75, 3.05) is 37.3 Å². The molecule has 0 spiro atoms. The van der Waals surface area contributed by atoms with E-state index in [1.54, 1.807) is 0 Å². The number of hydrogen-bond acceptors (Lipinski definition) is 6. The maximum absolute atomic E-state index is 12.0. The van der Waals surface area contributed by atoms with E-state index >= 15 is 0 Å². The number of carbonyl (C=O) groups is 1. The molecule has 2 heterocycles. The SMILES string of the molecule is CC.Cc1cc2nc(N(C)CCCNC(=O)C3CCCN3)nc(N)c2cc1C. The number of fused-ring (bicyclic) bond motifs is 1. The molecular weight excluding hydrogens is 352 g/mol. The minimum absolute atomic E-state index is 0.0250. The molecule has 1 aliphatic rings. The minimum Gasteiger partial charge on any atom is -0.383 e. The number of aryl methyl sites for hydroxylation is 2. The molecule has 1 unspecified atom stereocenters. The van der Waals surface area contributed by atoms with Crippen LogP contribution in [0.2, 0.25) is 0 Å². The number of nitrogens with zero attached hydrogens (tertiary/aromatic N) is 3. The molecule has 1 aromatic carbocycles. The van der Waals surface area contributed by atoms with E-state index in [0.29, 0.717) is 18.3 Å². The van der Waals surface area contributed by atoms with Crippen molar-refractivity contribution < 1.29 is 4.79 Å². The van der Waals surface area contributed by atoms with Crippen molar-refractivity contribution in [3.05, 3.63) is 23.3 Å². The molecule has 1 saturated heterocycles. The number of aromatic nitrogens is 2. The van der Waals surface area contributed by atoms with Gasteiger partial charge in [0.05, 0.1) is 11.6 Å². The molecule has 1 aromatic heterocycles. The summed E-state index contributed by atoms with van der Waals surface area (Å²) < 4.78 is 0. The summed E-state index contributed by atoms with van der Waals surface area (Å²) in [5.74, 6) is 1.21. The van der Waals surface area contributed by atoms with Gasteiger partial charge in [-0.05, 0) is 62.9 Å². The highest BCUT2D eigenvalue weighted by molar-refractivity contribution is 5.90. The molecule has 0 bridgehead atoms. The van der Waals surface area contributed by atoms with Crippen LogP contribution in [0.3, 0.4) is 0 Å². The van der Waals surface area contributed by atoms with Crippen LogP contribution in [0.1, 0.15) is 44.2 Å². The van der Waals surface area contributed by atoms with E-state index in [0.717, 1.165) is 43.3 Å². The number of anilines is 2. The maximum Gasteiger partial charge on any atom is 0.237 e. The average Bonchev–Trinajstić information content (AvgIpc) is 3.23. The Balaban J connectivity index is 0.00000136. The van der Waals surface area contributed by atoms with Crippen LogP contribution in [0, 0.1) is 13.8 Å². The molecule has 3 rings (SSSR count). The first-order chi connectivity index (χ1) is 13.5. The number of carbonyl (C=O) groups excluding carboxylic acids is 1. The molecule has 154 valence electrons. The molecule has 4 N–H and O–H groups in total. The molecule has 1 atom stereocenters. The van der Waals surface area contributed by atoms with Crippen molar-refractivity contribution in [2.45, 2.75) is 53.0 Å². The summed E-state index contributed by atoms with van der Waals surface area (Å²) in [6.45, 7) is 10.4. The van der Waals surface area contributed by atoms with Crippen molar-refractivity contribution in [3.63, 3.8) is 0 Å². The Bertz CT molecular complexity index is 801. The smallest absolute Gasteiger partial charge is 0.237 e. The molecule has 2 aromatic rings. The zero-order valence-electron chi connectivity index (χ0n) is 17.8. The predicted octanol–water partition coefficient (Wildman–Crippen LogP) is 2.55. The molecule has 0 radical (unpaired) electrons. The first-order valence-electron chi connectivity index (χ1n) is 10.2. The van der Waals surface area contributed by atoms with E-state index in [9.17, 15) is 4.79 Å². The number of nitrogens with one attached hydrogen (secondary N) is 2. The molecule has 7 heteroatoms. The fourth-order valence-corrected chi connectivity index (χ4v) is 3.23. The van der Waals surface area contributed by atoms with Crippen molar-refractivity contribution in [2.24, 2.45) is 0 Å². The lowest BCUT2D eigenvalue weighted by Gasteiger charge is -2.19. The van der Waals surface area contributed by atoms with Gasteiger partial charge in [0.15, 0.2) is 0 Å². The molecule has 7 nitrogen and oxygen atoms in total. The molecule has 1 amide bonds. The van der Waals surface area contributed by atoms with Gasteiger partial charge in [-0.3, -0.25) is 4.79 Å². The van der Waals surface area contributed by atoms with Gasteiger partial charge in [-0.2, -0.15) is 4.98 Å². The van der Waals surface area contributed by atoms with Crippen LogP contribution in [0.15, 0.2) is 12.1 Å². The van der Waals surface area contributed by atoms with Gasteiger partial charge in [0.1, 0.15) is 5.82 Å². The lowest BCUT2D eigenvalue weighted by atomic mass is 10.1. The third kappa shape index (κ3) is 5.32. The van der Waals surface area contributed by atoms with Gasteiger partial charge in [0.25, 0.3) is 0 Å². The Labute approximate surface area is 168 Å². The normalized spacial score (nSPS) is 15.8. The number of rotatable bonds is 6. The van der Waals surface area contributed by atoms with E-state index in [1.165, 1.54) is 11.1 Å². The van der Waals surface area contributed by atoms with Crippen molar-refractivity contribution >= 4 is 28.6 Å². The first-order valence-corrected chi connectivity index (χ1v) is 10.2. The van der Waals surface area contributed by atoms with Gasteiger partial charge in [-0.25, -0.2) is 4.98 Å². The summed E-state index contributed by atoms with van der Waals surface area (Å²) in [6.07, 6.45) is 2.82. The summed E-state index contributed by atoms with van der Waals surface area (Å²) in [6, 6.07) is 4.06. The topological polar surface area (TPSA) is 96.2 Å². The van der Waals surface area contributed by atoms with Gasteiger partial charge in [-0.1, -0.05) is 13.8 Å². The Kier molecular flexibility index (Phi) is 7.99. The predicted molar refractivity (Wildman–Crippen MR) is 117 cm³/mol. The molecule has 1 aliphatic heterocycles. The Morgan fingerprint density at radius 2 is 2.00 bits per heavy atom. The Hall–Kier alpha value is -2.41. The fraction of sp³-hybridized carbons (Fsp3) is 0.571. The zero-order valence-corrected chi connectivity index (χ0v) is 17.8. The Morgan fingerprint density at radius 1 is 1.29 bits per heavy atom. The van der Waals surface area contributed by atoms with Crippen LogP contribution in [0.25, 0.3) is 10.9 Å². The zero-order chi connectivity index (χ0) is 20.7. The second-order valence-corrected chi connectivity index (χ2v) is 7.08. The van der Waals surface area contributed by atoms with Gasteiger partial charge in [-0.15, -0.1) is 0 Å². The van der Waals surface area contributed by atoms with Crippen LogP contribution < -0.4 is 21.3 Å². The average molecular weight is 387 g/mol. The summed E-state index contributed by atoms with van der Waals surface area (Å²) >= 11 is 0. The highest BCUT2D eigenvalue weighted by atomic mass is 16.2. The molecule has 0 saturated carbocycles. The molecule has 1 fully saturated rings. The highest BCUT2D eigenvalue weighted by Gasteiger charge is 2.21. The second kappa shape index (κ2) is 10.2. The van der Waals surface area contributed by atoms with Gasteiger partial charge in [0, 0.05) is 25.5 Å². The monoisotopic (exact) mass is 386 g/mol. The van der Waals surface area contributed by atoms with Gasteiger partial charge >= 0.3 is 0 Å². The number of amides is 1. The van der Waals surface area contributed by atoms with E-state index < -0.39 is 0 Å². The van der Waals surface area contributed by atoms with E-state index in [-0.39, 0.29) is 11.9 Å². The summed E-state index contributed by atoms with van der Waals surface area (Å²) in [5, 5.41) is 7.09. The van der Waals surface area contributed by atoms with Gasteiger partial charge < -0.3 is 21.3 Å². The minimum atomic E-state index is -0.0250. The van der Waals surface area contributed by atoms with Crippen molar-refractivity contribution in [1.29, 1.82) is 0 Å². The van der Waals surface area contributed by atoms with E-state index in [1.807, 2.05) is 31.9 Å². The van der Waals surface area contributed by atoms with Crippen molar-refractivity contribution in [1.82, 2.24) is 20.6 Å². The van der Waals surface area contributed by atoms with Crippen LogP contribution in [-0.4, -0.2) is 48.6 Å². The quantitative estimate of drug-likeness (QED) is 0.660. The van der Waals surface area contributed by atoms with Crippen LogP contribution in [-0.2, 0) is 4.79 Å². The largest absolute Gasteiger partial charge is 0.383 e. The highest BCUT2D eigenvalue weighted by Crippen LogP contribution is 2.24. The second-order valence-electron chi connectivity index (χ2n) is 7.08. The lowest BCUT2D eigenvalue weighted by molar-refractivity contribution is -0.122.